The van der Waals surface area contributed by atoms with Gasteiger partial charge in [-0.05, 0) is 23.8 Å². The van der Waals surface area contributed by atoms with Gasteiger partial charge in [0.1, 0.15) is 6.10 Å². The monoisotopic (exact) mass is 254 g/mol. The Morgan fingerprint density at radius 3 is 2.06 bits per heavy atom. The molecule has 0 saturated carbocycles. The average molecular weight is 254 g/mol. The lowest BCUT2D eigenvalue weighted by Gasteiger charge is -2.11. The van der Waals surface area contributed by atoms with Crippen molar-refractivity contribution in [1.82, 2.24) is 9.97 Å². The Labute approximate surface area is 101 Å². The summed E-state index contributed by atoms with van der Waals surface area (Å²) in [5.41, 5.74) is -0.443. The molecule has 0 radical (unpaired) electrons. The molecule has 0 saturated heterocycles. The summed E-state index contributed by atoms with van der Waals surface area (Å²) in [6.07, 6.45) is -2.61. The van der Waals surface area contributed by atoms with Gasteiger partial charge in [0, 0.05) is 12.4 Å². The van der Waals surface area contributed by atoms with Crippen LogP contribution in [0.15, 0.2) is 42.7 Å². The highest BCUT2D eigenvalue weighted by Gasteiger charge is 2.30. The second kappa shape index (κ2) is 4.73. The zero-order valence-electron chi connectivity index (χ0n) is 9.09. The fraction of sp³-hybridized carbons (Fsp3) is 0.167. The van der Waals surface area contributed by atoms with Gasteiger partial charge < -0.3 is 5.11 Å². The Kier molecular flexibility index (Phi) is 3.29. The van der Waals surface area contributed by atoms with Crippen molar-refractivity contribution in [2.24, 2.45) is 0 Å². The molecule has 2 aromatic rings. The summed E-state index contributed by atoms with van der Waals surface area (Å²) < 4.78 is 37.1. The molecule has 0 spiro atoms. The first-order chi connectivity index (χ1) is 8.48. The molecule has 0 bridgehead atoms. The van der Waals surface area contributed by atoms with E-state index in [0.717, 1.165) is 12.1 Å². The average Bonchev–Trinajstić information content (AvgIpc) is 2.38. The van der Waals surface area contributed by atoms with E-state index < -0.39 is 17.8 Å². The van der Waals surface area contributed by atoms with Crippen LogP contribution in [-0.4, -0.2) is 15.1 Å². The number of rotatable bonds is 2. The van der Waals surface area contributed by atoms with Crippen LogP contribution in [-0.2, 0) is 6.18 Å². The van der Waals surface area contributed by atoms with Crippen LogP contribution in [0.1, 0.15) is 23.1 Å². The van der Waals surface area contributed by atoms with E-state index in [1.807, 2.05) is 0 Å². The lowest BCUT2D eigenvalue weighted by atomic mass is 10.1. The summed E-state index contributed by atoms with van der Waals surface area (Å²) >= 11 is 0. The number of benzene rings is 1. The van der Waals surface area contributed by atoms with E-state index in [1.54, 1.807) is 6.07 Å². The number of hydrogen-bond donors (Lipinski definition) is 1. The smallest absolute Gasteiger partial charge is 0.380 e. The number of nitrogens with zero attached hydrogens (tertiary/aromatic N) is 2. The maximum absolute atomic E-state index is 12.4. The van der Waals surface area contributed by atoms with Gasteiger partial charge in [0.05, 0.1) is 5.56 Å². The van der Waals surface area contributed by atoms with Crippen LogP contribution in [0.2, 0.25) is 0 Å². The van der Waals surface area contributed by atoms with Gasteiger partial charge >= 0.3 is 6.18 Å². The largest absolute Gasteiger partial charge is 0.416 e. The minimum atomic E-state index is -4.38. The second-order valence-corrected chi connectivity index (χ2v) is 3.63. The fourth-order valence-electron chi connectivity index (χ4n) is 1.46. The number of aliphatic hydroxyl groups is 1. The molecule has 0 aliphatic carbocycles. The van der Waals surface area contributed by atoms with Crippen molar-refractivity contribution < 1.29 is 18.3 Å². The first-order valence-electron chi connectivity index (χ1n) is 5.10. The van der Waals surface area contributed by atoms with Crippen LogP contribution >= 0.6 is 0 Å². The third kappa shape index (κ3) is 2.65. The van der Waals surface area contributed by atoms with E-state index in [1.165, 1.54) is 24.5 Å². The topological polar surface area (TPSA) is 46.0 Å². The molecule has 1 atom stereocenters. The number of halogens is 3. The molecule has 1 heterocycles. The Morgan fingerprint density at radius 2 is 1.56 bits per heavy atom. The lowest BCUT2D eigenvalue weighted by molar-refractivity contribution is -0.137. The van der Waals surface area contributed by atoms with Gasteiger partial charge in [-0.3, -0.25) is 0 Å². The highest BCUT2D eigenvalue weighted by atomic mass is 19.4. The Morgan fingerprint density at radius 1 is 1.00 bits per heavy atom. The Bertz CT molecular complexity index is 511. The van der Waals surface area contributed by atoms with E-state index in [9.17, 15) is 18.3 Å². The summed E-state index contributed by atoms with van der Waals surface area (Å²) in [4.78, 5) is 7.69. The van der Waals surface area contributed by atoms with Gasteiger partial charge in [-0.15, -0.1) is 0 Å². The van der Waals surface area contributed by atoms with Crippen molar-refractivity contribution in [3.8, 4) is 0 Å². The number of aromatic nitrogens is 2. The van der Waals surface area contributed by atoms with Gasteiger partial charge in [-0.1, -0.05) is 12.1 Å². The summed E-state index contributed by atoms with van der Waals surface area (Å²) in [5, 5.41) is 9.88. The summed E-state index contributed by atoms with van der Waals surface area (Å²) in [5.74, 6) is 0.150. The molecular weight excluding hydrogens is 245 g/mol. The van der Waals surface area contributed by atoms with Gasteiger partial charge in [0.15, 0.2) is 5.82 Å². The molecule has 18 heavy (non-hydrogen) atoms. The molecule has 1 aromatic heterocycles. The molecule has 1 N–H and O–H groups in total. The maximum Gasteiger partial charge on any atom is 0.416 e. The van der Waals surface area contributed by atoms with Gasteiger partial charge in [-0.2, -0.15) is 13.2 Å². The Balaban J connectivity index is 2.25. The molecule has 2 rings (SSSR count). The van der Waals surface area contributed by atoms with Crippen LogP contribution < -0.4 is 0 Å². The van der Waals surface area contributed by atoms with Crippen molar-refractivity contribution >= 4 is 0 Å². The van der Waals surface area contributed by atoms with Crippen molar-refractivity contribution in [3.63, 3.8) is 0 Å². The first kappa shape index (κ1) is 12.5. The molecule has 0 aliphatic heterocycles. The highest BCUT2D eigenvalue weighted by Crippen LogP contribution is 2.30. The molecule has 6 heteroatoms. The first-order valence-corrected chi connectivity index (χ1v) is 5.10. The lowest BCUT2D eigenvalue weighted by Crippen LogP contribution is -2.07. The van der Waals surface area contributed by atoms with Crippen LogP contribution in [0.5, 0.6) is 0 Å². The standard InChI is InChI=1S/C12H9F3N2O/c13-12(14,15)9-4-2-8(3-5-9)10(18)11-16-6-1-7-17-11/h1-7,10,18H. The van der Waals surface area contributed by atoms with Gasteiger partial charge in [-0.25, -0.2) is 9.97 Å². The molecule has 0 fully saturated rings. The molecule has 1 unspecified atom stereocenters. The summed E-state index contributed by atoms with van der Waals surface area (Å²) in [6.45, 7) is 0. The van der Waals surface area contributed by atoms with Crippen molar-refractivity contribution in [2.45, 2.75) is 12.3 Å². The number of alkyl halides is 3. The predicted octanol–water partition coefficient (Wildman–Crippen LogP) is 2.58. The second-order valence-electron chi connectivity index (χ2n) is 3.63. The van der Waals surface area contributed by atoms with Crippen LogP contribution in [0.25, 0.3) is 0 Å². The number of aliphatic hydroxyl groups excluding tert-OH is 1. The quantitative estimate of drug-likeness (QED) is 0.895. The molecular formula is C12H9F3N2O. The SMILES string of the molecule is OC(c1ccc(C(F)(F)F)cc1)c1ncccn1. The zero-order chi connectivity index (χ0) is 13.2. The minimum Gasteiger partial charge on any atom is -0.380 e. The van der Waals surface area contributed by atoms with E-state index in [4.69, 9.17) is 0 Å². The van der Waals surface area contributed by atoms with Gasteiger partial charge in [0.2, 0.25) is 0 Å². The van der Waals surface area contributed by atoms with E-state index in [0.29, 0.717) is 5.56 Å². The van der Waals surface area contributed by atoms with E-state index in [-0.39, 0.29) is 5.82 Å². The van der Waals surface area contributed by atoms with Crippen LogP contribution in [0, 0.1) is 0 Å². The van der Waals surface area contributed by atoms with Crippen LogP contribution in [0.3, 0.4) is 0 Å². The molecule has 1 aromatic carbocycles. The highest BCUT2D eigenvalue weighted by molar-refractivity contribution is 5.28. The van der Waals surface area contributed by atoms with Crippen molar-refractivity contribution in [3.05, 3.63) is 59.7 Å². The zero-order valence-corrected chi connectivity index (χ0v) is 9.09. The molecule has 0 amide bonds. The fourth-order valence-corrected chi connectivity index (χ4v) is 1.46. The molecule has 0 aliphatic rings. The molecule has 3 nitrogen and oxygen atoms in total. The predicted molar refractivity (Wildman–Crippen MR) is 57.5 cm³/mol. The normalized spacial score (nSPS) is 13.3. The van der Waals surface area contributed by atoms with Crippen LogP contribution in [0.4, 0.5) is 13.2 Å². The van der Waals surface area contributed by atoms with Gasteiger partial charge in [0.25, 0.3) is 0 Å². The number of hydrogen-bond acceptors (Lipinski definition) is 3. The third-order valence-electron chi connectivity index (χ3n) is 2.38. The molecule has 94 valence electrons. The summed E-state index contributed by atoms with van der Waals surface area (Å²) in [7, 11) is 0. The third-order valence-corrected chi connectivity index (χ3v) is 2.38. The summed E-state index contributed by atoms with van der Waals surface area (Å²) in [6, 6.07) is 5.85. The minimum absolute atomic E-state index is 0.150. The van der Waals surface area contributed by atoms with E-state index in [2.05, 4.69) is 9.97 Å². The van der Waals surface area contributed by atoms with Crippen molar-refractivity contribution in [1.29, 1.82) is 0 Å². The van der Waals surface area contributed by atoms with E-state index >= 15 is 0 Å². The maximum atomic E-state index is 12.4. The Hall–Kier alpha value is -1.95. The van der Waals surface area contributed by atoms with Crippen molar-refractivity contribution in [2.75, 3.05) is 0 Å².